The number of morpholine rings is 1. The summed E-state index contributed by atoms with van der Waals surface area (Å²) in [4.78, 5) is 13.5. The first-order valence-electron chi connectivity index (χ1n) is 7.65. The van der Waals surface area contributed by atoms with E-state index in [0.29, 0.717) is 17.9 Å². The summed E-state index contributed by atoms with van der Waals surface area (Å²) in [5, 5.41) is 18.5. The largest absolute Gasteiger partial charge is 0.492 e. The first-order chi connectivity index (χ1) is 10.9. The van der Waals surface area contributed by atoms with E-state index < -0.39 is 11.4 Å². The number of nitriles is 1. The Hall–Kier alpha value is -2.10. The fourth-order valence-corrected chi connectivity index (χ4v) is 2.35. The van der Waals surface area contributed by atoms with Gasteiger partial charge in [-0.15, -0.1) is 0 Å². The van der Waals surface area contributed by atoms with E-state index in [2.05, 4.69) is 11.0 Å². The number of carbonyl (C=O) groups is 1. The zero-order chi connectivity index (χ0) is 16.9. The quantitative estimate of drug-likeness (QED) is 0.862. The SMILES string of the molecule is CC(C)(C#N)c1cc(OCCN2CCOCC2)cc(C(=O)O)c1. The highest BCUT2D eigenvalue weighted by molar-refractivity contribution is 5.88. The van der Waals surface area contributed by atoms with Crippen molar-refractivity contribution in [1.29, 1.82) is 5.26 Å². The molecule has 0 radical (unpaired) electrons. The fourth-order valence-electron chi connectivity index (χ4n) is 2.35. The van der Waals surface area contributed by atoms with Gasteiger partial charge in [0.05, 0.1) is 30.3 Å². The molecule has 0 atom stereocenters. The number of carboxylic acid groups (broad SMARTS) is 1. The monoisotopic (exact) mass is 318 g/mol. The number of rotatable bonds is 6. The predicted octanol–water partition coefficient (Wildman–Crippen LogP) is 1.90. The van der Waals surface area contributed by atoms with Gasteiger partial charge in [-0.05, 0) is 37.6 Å². The van der Waals surface area contributed by atoms with Crippen LogP contribution in [0.1, 0.15) is 29.8 Å². The Bertz CT molecular complexity index is 601. The summed E-state index contributed by atoms with van der Waals surface area (Å²) in [5.74, 6) is -0.546. The molecule has 23 heavy (non-hydrogen) atoms. The third kappa shape index (κ3) is 4.68. The Labute approximate surface area is 136 Å². The molecule has 0 aromatic heterocycles. The summed E-state index contributed by atoms with van der Waals surface area (Å²) in [7, 11) is 0. The second-order valence-electron chi connectivity index (χ2n) is 6.09. The Morgan fingerprint density at radius 2 is 2.09 bits per heavy atom. The number of hydrogen-bond donors (Lipinski definition) is 1. The van der Waals surface area contributed by atoms with Crippen molar-refractivity contribution in [3.63, 3.8) is 0 Å². The van der Waals surface area contributed by atoms with Crippen LogP contribution in [0.3, 0.4) is 0 Å². The maximum atomic E-state index is 11.3. The molecule has 6 nitrogen and oxygen atoms in total. The summed E-state index contributed by atoms with van der Waals surface area (Å²) >= 11 is 0. The lowest BCUT2D eigenvalue weighted by Gasteiger charge is -2.26. The van der Waals surface area contributed by atoms with Crippen LogP contribution < -0.4 is 4.74 Å². The molecular formula is C17H22N2O4. The first-order valence-corrected chi connectivity index (χ1v) is 7.65. The van der Waals surface area contributed by atoms with Crippen LogP contribution in [0.25, 0.3) is 0 Å². The van der Waals surface area contributed by atoms with Gasteiger partial charge in [-0.1, -0.05) is 0 Å². The summed E-state index contributed by atoms with van der Waals surface area (Å²) in [5.41, 5.74) is 0.00167. The molecule has 1 N–H and O–H groups in total. The van der Waals surface area contributed by atoms with Crippen molar-refractivity contribution in [2.75, 3.05) is 39.5 Å². The molecule has 124 valence electrons. The molecule has 0 aliphatic carbocycles. The molecule has 6 heteroatoms. The van der Waals surface area contributed by atoms with Gasteiger partial charge in [-0.25, -0.2) is 4.79 Å². The van der Waals surface area contributed by atoms with Gasteiger partial charge in [0.15, 0.2) is 0 Å². The van der Waals surface area contributed by atoms with Gasteiger partial charge in [0.25, 0.3) is 0 Å². The van der Waals surface area contributed by atoms with Gasteiger partial charge in [0, 0.05) is 19.6 Å². The van der Waals surface area contributed by atoms with Gasteiger partial charge in [-0.2, -0.15) is 5.26 Å². The van der Waals surface area contributed by atoms with E-state index in [1.807, 2.05) is 0 Å². The van der Waals surface area contributed by atoms with Gasteiger partial charge >= 0.3 is 5.97 Å². The fraction of sp³-hybridized carbons (Fsp3) is 0.529. The van der Waals surface area contributed by atoms with E-state index in [-0.39, 0.29) is 5.56 Å². The lowest BCUT2D eigenvalue weighted by Crippen LogP contribution is -2.38. The molecule has 0 saturated carbocycles. The number of hydrogen-bond acceptors (Lipinski definition) is 5. The third-order valence-corrected chi connectivity index (χ3v) is 3.93. The van der Waals surface area contributed by atoms with Crippen molar-refractivity contribution in [2.24, 2.45) is 0 Å². The van der Waals surface area contributed by atoms with Gasteiger partial charge in [-0.3, -0.25) is 4.90 Å². The maximum absolute atomic E-state index is 11.3. The highest BCUT2D eigenvalue weighted by atomic mass is 16.5. The highest BCUT2D eigenvalue weighted by Gasteiger charge is 2.22. The molecule has 1 aliphatic rings. The van der Waals surface area contributed by atoms with Crippen molar-refractivity contribution < 1.29 is 19.4 Å². The molecule has 0 spiro atoms. The van der Waals surface area contributed by atoms with E-state index in [4.69, 9.17) is 9.47 Å². The summed E-state index contributed by atoms with van der Waals surface area (Å²) < 4.78 is 11.0. The average molecular weight is 318 g/mol. The smallest absolute Gasteiger partial charge is 0.335 e. The van der Waals surface area contributed by atoms with Crippen LogP contribution in [-0.4, -0.2) is 55.4 Å². The molecule has 2 rings (SSSR count). The van der Waals surface area contributed by atoms with Gasteiger partial charge in [0.2, 0.25) is 0 Å². The van der Waals surface area contributed by atoms with E-state index in [0.717, 1.165) is 32.8 Å². The van der Waals surface area contributed by atoms with Crippen LogP contribution in [0, 0.1) is 11.3 Å². The highest BCUT2D eigenvalue weighted by Crippen LogP contribution is 2.27. The Balaban J connectivity index is 2.08. The molecule has 1 saturated heterocycles. The maximum Gasteiger partial charge on any atom is 0.335 e. The number of nitrogens with zero attached hydrogens (tertiary/aromatic N) is 2. The molecule has 0 bridgehead atoms. The molecule has 0 unspecified atom stereocenters. The first kappa shape index (κ1) is 17.3. The molecule has 1 aromatic rings. The lowest BCUT2D eigenvalue weighted by molar-refractivity contribution is 0.0322. The van der Waals surface area contributed by atoms with Crippen molar-refractivity contribution in [2.45, 2.75) is 19.3 Å². The van der Waals surface area contributed by atoms with E-state index in [1.54, 1.807) is 19.9 Å². The van der Waals surface area contributed by atoms with Crippen LogP contribution in [0.4, 0.5) is 0 Å². The minimum absolute atomic E-state index is 0.132. The molecule has 1 aromatic carbocycles. The predicted molar refractivity (Wildman–Crippen MR) is 84.8 cm³/mol. The number of ether oxygens (including phenoxy) is 2. The van der Waals surface area contributed by atoms with Crippen LogP contribution in [0.5, 0.6) is 5.75 Å². The molecular weight excluding hydrogens is 296 g/mol. The van der Waals surface area contributed by atoms with Crippen molar-refractivity contribution in [1.82, 2.24) is 4.90 Å². The summed E-state index contributed by atoms with van der Waals surface area (Å²) in [6.45, 7) is 7.96. The zero-order valence-electron chi connectivity index (χ0n) is 13.5. The van der Waals surface area contributed by atoms with Crippen LogP contribution in [0.15, 0.2) is 18.2 Å². The van der Waals surface area contributed by atoms with Crippen LogP contribution in [0.2, 0.25) is 0 Å². The van der Waals surface area contributed by atoms with Crippen LogP contribution >= 0.6 is 0 Å². The molecule has 1 heterocycles. The number of benzene rings is 1. The minimum Gasteiger partial charge on any atom is -0.492 e. The van der Waals surface area contributed by atoms with Crippen molar-refractivity contribution in [3.8, 4) is 11.8 Å². The van der Waals surface area contributed by atoms with Gasteiger partial charge in [0.1, 0.15) is 12.4 Å². The molecule has 0 amide bonds. The van der Waals surface area contributed by atoms with Crippen LogP contribution in [-0.2, 0) is 10.2 Å². The number of aromatic carboxylic acids is 1. The molecule has 1 fully saturated rings. The van der Waals surface area contributed by atoms with Crippen molar-refractivity contribution in [3.05, 3.63) is 29.3 Å². The zero-order valence-corrected chi connectivity index (χ0v) is 13.5. The normalized spacial score (nSPS) is 15.9. The van der Waals surface area contributed by atoms with E-state index in [1.165, 1.54) is 12.1 Å². The van der Waals surface area contributed by atoms with E-state index in [9.17, 15) is 15.2 Å². The molecule has 1 aliphatic heterocycles. The number of carboxylic acids is 1. The average Bonchev–Trinajstić information content (AvgIpc) is 2.55. The Kier molecular flexibility index (Phi) is 5.59. The summed E-state index contributed by atoms with van der Waals surface area (Å²) in [6, 6.07) is 6.96. The summed E-state index contributed by atoms with van der Waals surface area (Å²) in [6.07, 6.45) is 0. The lowest BCUT2D eigenvalue weighted by atomic mass is 9.85. The van der Waals surface area contributed by atoms with E-state index >= 15 is 0 Å². The second-order valence-corrected chi connectivity index (χ2v) is 6.09. The van der Waals surface area contributed by atoms with Crippen molar-refractivity contribution >= 4 is 5.97 Å². The standard InChI is InChI=1S/C17H22N2O4/c1-17(2,12-18)14-9-13(16(20)21)10-15(11-14)23-8-5-19-3-6-22-7-4-19/h9-11H,3-8H2,1-2H3,(H,20,21). The topological polar surface area (TPSA) is 82.8 Å². The third-order valence-electron chi connectivity index (χ3n) is 3.93. The Morgan fingerprint density at radius 3 is 2.70 bits per heavy atom. The second kappa shape index (κ2) is 7.44. The Morgan fingerprint density at radius 1 is 1.39 bits per heavy atom. The van der Waals surface area contributed by atoms with Gasteiger partial charge < -0.3 is 14.6 Å². The minimum atomic E-state index is -1.03.